The second kappa shape index (κ2) is 9.97. The fraction of sp³-hybridized carbons (Fsp3) is 0.143. The molecule has 4 aromatic rings. The summed E-state index contributed by atoms with van der Waals surface area (Å²) >= 11 is 0. The number of pyridine rings is 2. The maximum atomic E-state index is 13.6. The van der Waals surface area contributed by atoms with E-state index in [1.807, 2.05) is 73.6 Å². The number of hydrogen-bond donors (Lipinski definition) is 2. The van der Waals surface area contributed by atoms with E-state index in [1.54, 1.807) is 29.3 Å². The highest BCUT2D eigenvalue weighted by Gasteiger charge is 2.25. The second-order valence-electron chi connectivity index (χ2n) is 8.83. The van der Waals surface area contributed by atoms with Crippen molar-refractivity contribution in [3.8, 4) is 0 Å². The van der Waals surface area contributed by atoms with E-state index >= 15 is 0 Å². The molecule has 0 bridgehead atoms. The first kappa shape index (κ1) is 23.2. The Labute approximate surface area is 209 Å². The average molecular weight is 479 g/mol. The SMILES string of the molecule is CN(C)Cc1ccccc1C(=O)Nc1ccc(C(=O)N2Cc3cccnc3Nc3ccccc32)cn1. The number of fused-ring (bicyclic) bond motifs is 2. The number of carbonyl (C=O) groups is 2. The number of aromatic nitrogens is 2. The minimum Gasteiger partial charge on any atom is -0.338 e. The predicted octanol–water partition coefficient (Wildman–Crippen LogP) is 4.69. The van der Waals surface area contributed by atoms with Gasteiger partial charge in [0, 0.05) is 30.1 Å². The minimum absolute atomic E-state index is 0.192. The van der Waals surface area contributed by atoms with Crippen LogP contribution in [-0.2, 0) is 13.1 Å². The van der Waals surface area contributed by atoms with Gasteiger partial charge in [-0.05, 0) is 56.1 Å². The van der Waals surface area contributed by atoms with Crippen molar-refractivity contribution in [3.63, 3.8) is 0 Å². The van der Waals surface area contributed by atoms with Gasteiger partial charge in [0.2, 0.25) is 0 Å². The van der Waals surface area contributed by atoms with Gasteiger partial charge in [-0.15, -0.1) is 0 Å². The molecule has 2 N–H and O–H groups in total. The molecule has 3 heterocycles. The lowest BCUT2D eigenvalue weighted by Crippen LogP contribution is -2.30. The topological polar surface area (TPSA) is 90.5 Å². The molecule has 0 aliphatic carbocycles. The van der Waals surface area contributed by atoms with Crippen LogP contribution in [0.3, 0.4) is 0 Å². The highest BCUT2D eigenvalue weighted by Crippen LogP contribution is 2.35. The largest absolute Gasteiger partial charge is 0.338 e. The normalized spacial score (nSPS) is 12.2. The van der Waals surface area contributed by atoms with Crippen LogP contribution in [0.15, 0.2) is 85.2 Å². The fourth-order valence-corrected chi connectivity index (χ4v) is 4.21. The van der Waals surface area contributed by atoms with Crippen molar-refractivity contribution < 1.29 is 9.59 Å². The number of para-hydroxylation sites is 2. The number of hydrogen-bond acceptors (Lipinski definition) is 6. The van der Waals surface area contributed by atoms with Crippen LogP contribution < -0.4 is 15.5 Å². The molecule has 1 aliphatic rings. The molecule has 0 atom stereocenters. The van der Waals surface area contributed by atoms with Gasteiger partial charge in [-0.1, -0.05) is 36.4 Å². The molecule has 8 heteroatoms. The number of amides is 2. The predicted molar refractivity (Wildman–Crippen MR) is 140 cm³/mol. The molecule has 8 nitrogen and oxygen atoms in total. The molecule has 2 aromatic carbocycles. The lowest BCUT2D eigenvalue weighted by Gasteiger charge is -2.22. The second-order valence-corrected chi connectivity index (χ2v) is 8.83. The number of rotatable bonds is 5. The number of nitrogens with one attached hydrogen (secondary N) is 2. The monoisotopic (exact) mass is 478 g/mol. The lowest BCUT2D eigenvalue weighted by molar-refractivity contribution is 0.0984. The van der Waals surface area contributed by atoms with Crippen molar-refractivity contribution in [2.45, 2.75) is 13.1 Å². The third-order valence-corrected chi connectivity index (χ3v) is 5.91. The zero-order valence-electron chi connectivity index (χ0n) is 20.1. The first-order valence-corrected chi connectivity index (χ1v) is 11.6. The van der Waals surface area contributed by atoms with Gasteiger partial charge in [0.05, 0.1) is 23.5 Å². The molecular formula is C28H26N6O2. The maximum Gasteiger partial charge on any atom is 0.260 e. The highest BCUT2D eigenvalue weighted by molar-refractivity contribution is 6.09. The Morgan fingerprint density at radius 3 is 2.58 bits per heavy atom. The molecule has 5 rings (SSSR count). The zero-order valence-corrected chi connectivity index (χ0v) is 20.1. The summed E-state index contributed by atoms with van der Waals surface area (Å²) in [5, 5.41) is 6.18. The molecule has 0 spiro atoms. The third kappa shape index (κ3) is 4.80. The quantitative estimate of drug-likeness (QED) is 0.432. The Morgan fingerprint density at radius 2 is 1.78 bits per heavy atom. The summed E-state index contributed by atoms with van der Waals surface area (Å²) in [5.74, 6) is 0.674. The van der Waals surface area contributed by atoms with Gasteiger partial charge in [0.25, 0.3) is 11.8 Å². The number of nitrogens with zero attached hydrogens (tertiary/aromatic N) is 4. The Bertz CT molecular complexity index is 1420. The van der Waals surface area contributed by atoms with E-state index in [4.69, 9.17) is 0 Å². The van der Waals surface area contributed by atoms with Crippen LogP contribution >= 0.6 is 0 Å². The molecular weight excluding hydrogens is 452 g/mol. The number of anilines is 4. The van der Waals surface area contributed by atoms with Crippen molar-refractivity contribution >= 4 is 34.8 Å². The standard InChI is InChI=1S/C28H26N6O2/c1-33(2)17-20-8-3-4-10-22(20)27(35)32-25-14-13-19(16-30-25)28(36)34-18-21-9-7-15-29-26(21)31-23-11-5-6-12-24(23)34/h3-16H,17-18H2,1-2H3,(H,29,31)(H,30,32,35). The van der Waals surface area contributed by atoms with Crippen molar-refractivity contribution in [2.24, 2.45) is 0 Å². The van der Waals surface area contributed by atoms with E-state index in [2.05, 4.69) is 20.6 Å². The van der Waals surface area contributed by atoms with Crippen LogP contribution in [-0.4, -0.2) is 40.8 Å². The van der Waals surface area contributed by atoms with Crippen molar-refractivity contribution in [2.75, 3.05) is 29.6 Å². The maximum absolute atomic E-state index is 13.6. The lowest BCUT2D eigenvalue weighted by atomic mass is 10.1. The molecule has 2 aromatic heterocycles. The summed E-state index contributed by atoms with van der Waals surface area (Å²) in [6, 6.07) is 22.3. The third-order valence-electron chi connectivity index (χ3n) is 5.91. The average Bonchev–Trinajstić information content (AvgIpc) is 3.05. The van der Waals surface area contributed by atoms with Crippen LogP contribution in [0.4, 0.5) is 23.0 Å². The molecule has 0 saturated carbocycles. The molecule has 1 aliphatic heterocycles. The van der Waals surface area contributed by atoms with Gasteiger partial charge in [-0.2, -0.15) is 0 Å². The zero-order chi connectivity index (χ0) is 25.1. The van der Waals surface area contributed by atoms with Crippen LogP contribution in [0.5, 0.6) is 0 Å². The summed E-state index contributed by atoms with van der Waals surface area (Å²) in [4.78, 5) is 39.0. The van der Waals surface area contributed by atoms with Crippen LogP contribution in [0.2, 0.25) is 0 Å². The van der Waals surface area contributed by atoms with Crippen molar-refractivity contribution in [1.82, 2.24) is 14.9 Å². The Balaban J connectivity index is 1.37. The summed E-state index contributed by atoms with van der Waals surface area (Å²) < 4.78 is 0. The van der Waals surface area contributed by atoms with Gasteiger partial charge >= 0.3 is 0 Å². The molecule has 0 fully saturated rings. The Morgan fingerprint density at radius 1 is 0.972 bits per heavy atom. The van der Waals surface area contributed by atoms with E-state index in [0.29, 0.717) is 30.0 Å². The van der Waals surface area contributed by atoms with E-state index in [0.717, 1.165) is 28.3 Å². The van der Waals surface area contributed by atoms with E-state index < -0.39 is 0 Å². The molecule has 0 radical (unpaired) electrons. The van der Waals surface area contributed by atoms with Gasteiger partial charge in [0.15, 0.2) is 0 Å². The van der Waals surface area contributed by atoms with Gasteiger partial charge in [-0.3, -0.25) is 9.59 Å². The van der Waals surface area contributed by atoms with Gasteiger partial charge < -0.3 is 20.4 Å². The molecule has 180 valence electrons. The summed E-state index contributed by atoms with van der Waals surface area (Å²) in [6.07, 6.45) is 3.22. The summed E-state index contributed by atoms with van der Waals surface area (Å²) in [6.45, 7) is 1.02. The van der Waals surface area contributed by atoms with Crippen molar-refractivity contribution in [1.29, 1.82) is 0 Å². The highest BCUT2D eigenvalue weighted by atomic mass is 16.2. The first-order chi connectivity index (χ1) is 17.5. The molecule has 2 amide bonds. The van der Waals surface area contributed by atoms with E-state index in [9.17, 15) is 9.59 Å². The molecule has 0 unspecified atom stereocenters. The van der Waals surface area contributed by atoms with E-state index in [-0.39, 0.29) is 11.8 Å². The van der Waals surface area contributed by atoms with Crippen LogP contribution in [0.25, 0.3) is 0 Å². The summed E-state index contributed by atoms with van der Waals surface area (Å²) in [7, 11) is 3.92. The molecule has 36 heavy (non-hydrogen) atoms. The summed E-state index contributed by atoms with van der Waals surface area (Å²) in [5.41, 5.74) is 4.41. The number of benzene rings is 2. The van der Waals surface area contributed by atoms with Gasteiger partial charge in [0.1, 0.15) is 11.6 Å². The van der Waals surface area contributed by atoms with Crippen LogP contribution in [0.1, 0.15) is 31.8 Å². The van der Waals surface area contributed by atoms with Crippen molar-refractivity contribution in [3.05, 3.63) is 107 Å². The fourth-order valence-electron chi connectivity index (χ4n) is 4.21. The van der Waals surface area contributed by atoms with E-state index in [1.165, 1.54) is 6.20 Å². The van der Waals surface area contributed by atoms with Gasteiger partial charge in [-0.25, -0.2) is 9.97 Å². The smallest absolute Gasteiger partial charge is 0.260 e. The first-order valence-electron chi connectivity index (χ1n) is 11.6. The Kier molecular flexibility index (Phi) is 6.42. The van der Waals surface area contributed by atoms with Crippen LogP contribution in [0, 0.1) is 0 Å². The number of carbonyl (C=O) groups excluding carboxylic acids is 2. The minimum atomic E-state index is -0.240. The molecule has 0 saturated heterocycles. The Hall–Kier alpha value is -4.56.